The molecule has 1 aliphatic heterocycles. The van der Waals surface area contributed by atoms with Crippen LogP contribution in [0.15, 0.2) is 72.8 Å². The summed E-state index contributed by atoms with van der Waals surface area (Å²) in [6, 6.07) is 24.8. The second-order valence-electron chi connectivity index (χ2n) is 7.77. The molecule has 1 amide bonds. The van der Waals surface area contributed by atoms with E-state index in [2.05, 4.69) is 42.5 Å². The Kier molecular flexibility index (Phi) is 6.42. The van der Waals surface area contributed by atoms with Crippen LogP contribution in [-0.4, -0.2) is 50.1 Å². The van der Waals surface area contributed by atoms with Gasteiger partial charge in [0.25, 0.3) is 5.91 Å². The van der Waals surface area contributed by atoms with E-state index in [1.807, 2.05) is 35.2 Å². The van der Waals surface area contributed by atoms with Gasteiger partial charge in [-0.2, -0.15) is 0 Å². The summed E-state index contributed by atoms with van der Waals surface area (Å²) < 4.78 is 5.77. The van der Waals surface area contributed by atoms with Gasteiger partial charge in [-0.25, -0.2) is 0 Å². The van der Waals surface area contributed by atoms with E-state index in [0.717, 1.165) is 43.7 Å². The zero-order valence-electron chi connectivity index (χ0n) is 16.8. The number of piperazine rings is 1. The van der Waals surface area contributed by atoms with E-state index in [-0.39, 0.29) is 12.5 Å². The summed E-state index contributed by atoms with van der Waals surface area (Å²) in [6.45, 7) is 4.97. The second-order valence-corrected chi connectivity index (χ2v) is 7.77. The molecule has 4 rings (SSSR count). The highest BCUT2D eigenvalue weighted by Crippen LogP contribution is 2.20. The first-order valence-electron chi connectivity index (χ1n) is 10.5. The van der Waals surface area contributed by atoms with Crippen LogP contribution in [0.5, 0.6) is 5.75 Å². The Morgan fingerprint density at radius 1 is 0.897 bits per heavy atom. The number of hydrogen-bond acceptors (Lipinski definition) is 2. The van der Waals surface area contributed by atoms with Gasteiger partial charge in [-0.3, -0.25) is 4.79 Å². The molecule has 4 heteroatoms. The number of quaternary nitrogens is 1. The molecule has 150 valence electrons. The molecule has 1 fully saturated rings. The zero-order chi connectivity index (χ0) is 19.9. The smallest absolute Gasteiger partial charge is 0.260 e. The molecule has 3 aromatic carbocycles. The lowest BCUT2D eigenvalue weighted by molar-refractivity contribution is -0.904. The number of aryl methyl sites for hydroxylation is 1. The van der Waals surface area contributed by atoms with Crippen molar-refractivity contribution >= 4 is 16.7 Å². The third kappa shape index (κ3) is 5.36. The van der Waals surface area contributed by atoms with E-state index in [9.17, 15) is 4.79 Å². The summed E-state index contributed by atoms with van der Waals surface area (Å²) >= 11 is 0. The third-order valence-electron chi connectivity index (χ3n) is 5.75. The highest BCUT2D eigenvalue weighted by molar-refractivity contribution is 5.84. The van der Waals surface area contributed by atoms with Crippen LogP contribution >= 0.6 is 0 Å². The summed E-state index contributed by atoms with van der Waals surface area (Å²) in [5, 5.41) is 2.31. The Hall–Kier alpha value is -2.85. The Morgan fingerprint density at radius 2 is 1.62 bits per heavy atom. The van der Waals surface area contributed by atoms with Gasteiger partial charge in [0.1, 0.15) is 5.75 Å². The van der Waals surface area contributed by atoms with Gasteiger partial charge in [-0.05, 0) is 34.9 Å². The first-order valence-corrected chi connectivity index (χ1v) is 10.5. The summed E-state index contributed by atoms with van der Waals surface area (Å²) in [6.07, 6.45) is 2.32. The van der Waals surface area contributed by atoms with Crippen LogP contribution in [0.4, 0.5) is 0 Å². The van der Waals surface area contributed by atoms with Crippen LogP contribution in [0, 0.1) is 0 Å². The van der Waals surface area contributed by atoms with E-state index >= 15 is 0 Å². The Bertz CT molecular complexity index is 934. The molecule has 1 saturated heterocycles. The van der Waals surface area contributed by atoms with Crippen molar-refractivity contribution in [2.24, 2.45) is 0 Å². The van der Waals surface area contributed by atoms with Crippen molar-refractivity contribution in [2.75, 3.05) is 39.3 Å². The minimum absolute atomic E-state index is 0.0847. The van der Waals surface area contributed by atoms with Crippen molar-refractivity contribution in [3.63, 3.8) is 0 Å². The Labute approximate surface area is 172 Å². The number of carbonyl (C=O) groups is 1. The summed E-state index contributed by atoms with van der Waals surface area (Å²) in [5.41, 5.74) is 1.41. The molecule has 0 aliphatic carbocycles. The third-order valence-corrected chi connectivity index (χ3v) is 5.75. The van der Waals surface area contributed by atoms with Crippen LogP contribution in [0.1, 0.15) is 12.0 Å². The van der Waals surface area contributed by atoms with E-state index in [1.54, 1.807) is 4.90 Å². The lowest BCUT2D eigenvalue weighted by Crippen LogP contribution is -3.14. The van der Waals surface area contributed by atoms with Gasteiger partial charge in [0.05, 0.1) is 32.7 Å². The van der Waals surface area contributed by atoms with Gasteiger partial charge in [-0.1, -0.05) is 60.7 Å². The van der Waals surface area contributed by atoms with Crippen molar-refractivity contribution in [3.8, 4) is 5.75 Å². The van der Waals surface area contributed by atoms with Crippen molar-refractivity contribution < 1.29 is 14.4 Å². The molecule has 0 atom stereocenters. The number of rotatable bonds is 7. The average molecular weight is 390 g/mol. The summed E-state index contributed by atoms with van der Waals surface area (Å²) in [5.74, 6) is 0.837. The maximum atomic E-state index is 12.5. The largest absolute Gasteiger partial charge is 0.484 e. The monoisotopic (exact) mass is 389 g/mol. The molecule has 0 bridgehead atoms. The molecule has 1 heterocycles. The molecule has 0 spiro atoms. The molecular formula is C25H29N2O2+. The maximum absolute atomic E-state index is 12.5. The standard InChI is InChI=1S/C25H28N2O2/c28-25(20-29-24-13-12-22-10-4-5-11-23(22)19-24)27-17-15-26(16-18-27)14-6-9-21-7-2-1-3-8-21/h1-5,7-8,10-13,19H,6,9,14-18,20H2/p+1. The summed E-state index contributed by atoms with van der Waals surface area (Å²) in [7, 11) is 0. The number of nitrogens with one attached hydrogen (secondary N) is 1. The first kappa shape index (κ1) is 19.5. The molecular weight excluding hydrogens is 360 g/mol. The Morgan fingerprint density at radius 3 is 2.41 bits per heavy atom. The van der Waals surface area contributed by atoms with E-state index in [1.165, 1.54) is 23.9 Å². The molecule has 0 unspecified atom stereocenters. The topological polar surface area (TPSA) is 34.0 Å². The number of fused-ring (bicyclic) bond motifs is 1. The maximum Gasteiger partial charge on any atom is 0.260 e. The lowest BCUT2D eigenvalue weighted by atomic mass is 10.1. The molecule has 1 aliphatic rings. The van der Waals surface area contributed by atoms with Gasteiger partial charge in [0.2, 0.25) is 0 Å². The summed E-state index contributed by atoms with van der Waals surface area (Å²) in [4.78, 5) is 16.1. The van der Waals surface area contributed by atoms with Crippen molar-refractivity contribution in [1.29, 1.82) is 0 Å². The number of carbonyl (C=O) groups excluding carboxylic acids is 1. The minimum atomic E-state index is 0.0847. The number of amides is 1. The van der Waals surface area contributed by atoms with Crippen LogP contribution in [0.25, 0.3) is 10.8 Å². The van der Waals surface area contributed by atoms with Crippen LogP contribution in [0.3, 0.4) is 0 Å². The molecule has 1 N–H and O–H groups in total. The quantitative estimate of drug-likeness (QED) is 0.674. The van der Waals surface area contributed by atoms with Gasteiger partial charge in [0.15, 0.2) is 6.61 Å². The minimum Gasteiger partial charge on any atom is -0.484 e. The molecule has 4 nitrogen and oxygen atoms in total. The first-order chi connectivity index (χ1) is 14.3. The zero-order valence-corrected chi connectivity index (χ0v) is 16.8. The van der Waals surface area contributed by atoms with Crippen molar-refractivity contribution in [2.45, 2.75) is 12.8 Å². The molecule has 0 aromatic heterocycles. The number of nitrogens with zero attached hydrogens (tertiary/aromatic N) is 1. The number of benzene rings is 3. The lowest BCUT2D eigenvalue weighted by Gasteiger charge is -2.32. The molecule has 3 aromatic rings. The average Bonchev–Trinajstić information content (AvgIpc) is 2.78. The normalized spacial score (nSPS) is 14.8. The fraction of sp³-hybridized carbons (Fsp3) is 0.320. The number of hydrogen-bond donors (Lipinski definition) is 1. The van der Waals surface area contributed by atoms with Crippen molar-refractivity contribution in [3.05, 3.63) is 78.4 Å². The predicted octanol–water partition coefficient (Wildman–Crippen LogP) is 2.58. The van der Waals surface area contributed by atoms with Gasteiger partial charge in [0, 0.05) is 6.42 Å². The van der Waals surface area contributed by atoms with Gasteiger partial charge in [-0.15, -0.1) is 0 Å². The predicted molar refractivity (Wildman–Crippen MR) is 116 cm³/mol. The Balaban J connectivity index is 1.18. The molecule has 0 saturated carbocycles. The highest BCUT2D eigenvalue weighted by atomic mass is 16.5. The molecule has 29 heavy (non-hydrogen) atoms. The molecule has 0 radical (unpaired) electrons. The van der Waals surface area contributed by atoms with Crippen LogP contribution in [-0.2, 0) is 11.2 Å². The van der Waals surface area contributed by atoms with E-state index in [0.29, 0.717) is 0 Å². The van der Waals surface area contributed by atoms with Crippen molar-refractivity contribution in [1.82, 2.24) is 4.90 Å². The fourth-order valence-corrected chi connectivity index (χ4v) is 4.00. The van der Waals surface area contributed by atoms with E-state index < -0.39 is 0 Å². The van der Waals surface area contributed by atoms with Gasteiger partial charge >= 0.3 is 0 Å². The highest BCUT2D eigenvalue weighted by Gasteiger charge is 2.23. The van der Waals surface area contributed by atoms with E-state index in [4.69, 9.17) is 4.74 Å². The SMILES string of the molecule is O=C(COc1ccc2ccccc2c1)N1CC[NH+](CCCc2ccccc2)CC1. The van der Waals surface area contributed by atoms with Crippen LogP contribution in [0.2, 0.25) is 0 Å². The second kappa shape index (κ2) is 9.57. The number of ether oxygens (including phenoxy) is 1. The fourth-order valence-electron chi connectivity index (χ4n) is 4.00. The van der Waals surface area contributed by atoms with Gasteiger partial charge < -0.3 is 14.5 Å². The van der Waals surface area contributed by atoms with Crippen LogP contribution < -0.4 is 9.64 Å².